The lowest BCUT2D eigenvalue weighted by atomic mass is 9.67. The van der Waals surface area contributed by atoms with Gasteiger partial charge in [-0.2, -0.15) is 0 Å². The number of halogens is 1. The molecule has 0 spiro atoms. The molecule has 1 unspecified atom stereocenters. The van der Waals surface area contributed by atoms with E-state index in [0.717, 1.165) is 51.0 Å². The Balaban J connectivity index is 1.49. The Morgan fingerprint density at radius 1 is 1.37 bits per heavy atom. The first kappa shape index (κ1) is 18.8. The minimum Gasteiger partial charge on any atom is -0.379 e. The van der Waals surface area contributed by atoms with Crippen LogP contribution in [0.5, 0.6) is 0 Å². The molecule has 0 aromatic heterocycles. The maximum atomic E-state index is 13.8. The fourth-order valence-electron chi connectivity index (χ4n) is 5.12. The molecule has 1 aromatic rings. The van der Waals surface area contributed by atoms with E-state index in [1.165, 1.54) is 12.5 Å². The van der Waals surface area contributed by atoms with Gasteiger partial charge in [-0.15, -0.1) is 0 Å². The third kappa shape index (κ3) is 3.89. The Bertz CT molecular complexity index is 665. The number of nitrogens with zero attached hydrogens (tertiary/aromatic N) is 1. The first-order valence-corrected chi connectivity index (χ1v) is 10.3. The summed E-state index contributed by atoms with van der Waals surface area (Å²) in [5.74, 6) is 0.386. The first-order chi connectivity index (χ1) is 13.2. The molecule has 1 saturated carbocycles. The lowest BCUT2D eigenvalue weighted by molar-refractivity contribution is -0.134. The van der Waals surface area contributed by atoms with Gasteiger partial charge in [0.25, 0.3) is 0 Å². The molecular weight excluding hydrogens is 345 g/mol. The van der Waals surface area contributed by atoms with Crippen LogP contribution in [-0.2, 0) is 9.53 Å². The minimum atomic E-state index is -0.254. The van der Waals surface area contributed by atoms with Crippen LogP contribution in [0.4, 0.5) is 4.39 Å². The molecule has 4 rings (SSSR count). The van der Waals surface area contributed by atoms with Gasteiger partial charge in [0.15, 0.2) is 0 Å². The molecule has 0 radical (unpaired) electrons. The predicted molar refractivity (Wildman–Crippen MR) is 102 cm³/mol. The summed E-state index contributed by atoms with van der Waals surface area (Å²) in [4.78, 5) is 15.5. The van der Waals surface area contributed by atoms with Crippen LogP contribution in [-0.4, -0.2) is 56.7 Å². The molecule has 6 heteroatoms. The Hall–Kier alpha value is -1.50. The zero-order valence-corrected chi connectivity index (χ0v) is 15.9. The quantitative estimate of drug-likeness (QED) is 0.828. The van der Waals surface area contributed by atoms with Crippen molar-refractivity contribution in [2.24, 2.45) is 11.3 Å². The average Bonchev–Trinajstić information content (AvgIpc) is 3.14. The smallest absolute Gasteiger partial charge is 0.227 e. The molecular formula is C21H30FN3O2. The van der Waals surface area contributed by atoms with E-state index in [2.05, 4.69) is 15.5 Å². The van der Waals surface area contributed by atoms with Gasteiger partial charge in [-0.1, -0.05) is 25.0 Å². The number of carbonyl (C=O) groups is 1. The molecule has 5 nitrogen and oxygen atoms in total. The van der Waals surface area contributed by atoms with Crippen molar-refractivity contribution in [3.05, 3.63) is 35.6 Å². The normalized spacial score (nSPS) is 29.9. The van der Waals surface area contributed by atoms with Crippen LogP contribution < -0.4 is 10.6 Å². The Kier molecular flexibility index (Phi) is 5.76. The number of rotatable bonds is 5. The van der Waals surface area contributed by atoms with Crippen molar-refractivity contribution in [1.29, 1.82) is 0 Å². The minimum absolute atomic E-state index is 0.0265. The van der Waals surface area contributed by atoms with Crippen LogP contribution in [0.1, 0.15) is 37.3 Å². The van der Waals surface area contributed by atoms with Crippen molar-refractivity contribution < 1.29 is 13.9 Å². The van der Waals surface area contributed by atoms with Crippen molar-refractivity contribution in [1.82, 2.24) is 15.5 Å². The molecule has 2 heterocycles. The zero-order valence-electron chi connectivity index (χ0n) is 15.9. The number of hydrogen-bond acceptors (Lipinski definition) is 4. The fourth-order valence-corrected chi connectivity index (χ4v) is 5.12. The number of ether oxygens (including phenoxy) is 1. The summed E-state index contributed by atoms with van der Waals surface area (Å²) in [5.41, 5.74) is 0.662. The van der Waals surface area contributed by atoms with E-state index in [-0.39, 0.29) is 23.2 Å². The number of morpholine rings is 1. The molecule has 2 saturated heterocycles. The number of fused-ring (bicyclic) bond motifs is 1. The Morgan fingerprint density at radius 3 is 3.04 bits per heavy atom. The van der Waals surface area contributed by atoms with Crippen LogP contribution in [0, 0.1) is 17.2 Å². The third-order valence-electron chi connectivity index (χ3n) is 6.67. The second-order valence-electron chi connectivity index (χ2n) is 8.16. The van der Waals surface area contributed by atoms with Crippen molar-refractivity contribution in [3.63, 3.8) is 0 Å². The summed E-state index contributed by atoms with van der Waals surface area (Å²) in [6.07, 6.45) is 4.46. The van der Waals surface area contributed by atoms with Gasteiger partial charge in [0.2, 0.25) is 5.91 Å². The molecule has 2 N–H and O–H groups in total. The highest BCUT2D eigenvalue weighted by molar-refractivity contribution is 5.84. The molecule has 3 aliphatic rings. The highest BCUT2D eigenvalue weighted by Crippen LogP contribution is 2.44. The number of amides is 1. The van der Waals surface area contributed by atoms with E-state index in [0.29, 0.717) is 25.7 Å². The van der Waals surface area contributed by atoms with E-state index < -0.39 is 0 Å². The van der Waals surface area contributed by atoms with Crippen molar-refractivity contribution in [2.75, 3.05) is 45.9 Å². The van der Waals surface area contributed by atoms with Crippen LogP contribution in [0.3, 0.4) is 0 Å². The van der Waals surface area contributed by atoms with Crippen LogP contribution in [0.15, 0.2) is 24.3 Å². The standard InChI is InChI=1S/C21H30FN3O2/c22-18-6-3-4-16(12-18)19(25-8-10-27-11-9-25)14-24-20(26)21-7-2-1-5-17(21)13-23-15-21/h3-4,6,12,17,19,23H,1-2,5,7-11,13-15H2,(H,24,26)/t17-,19?,21+/m0/s1. The largest absolute Gasteiger partial charge is 0.379 e. The van der Waals surface area contributed by atoms with Crippen molar-refractivity contribution >= 4 is 5.91 Å². The lowest BCUT2D eigenvalue weighted by Gasteiger charge is -2.39. The summed E-state index contributed by atoms with van der Waals surface area (Å²) in [7, 11) is 0. The number of carbonyl (C=O) groups excluding carboxylic acids is 1. The molecule has 2 aliphatic heterocycles. The van der Waals surface area contributed by atoms with Gasteiger partial charge >= 0.3 is 0 Å². The van der Waals surface area contributed by atoms with Crippen molar-refractivity contribution in [2.45, 2.75) is 31.7 Å². The summed E-state index contributed by atoms with van der Waals surface area (Å²) in [6, 6.07) is 6.73. The lowest BCUT2D eigenvalue weighted by Crippen LogP contribution is -2.50. The molecule has 27 heavy (non-hydrogen) atoms. The molecule has 1 amide bonds. The first-order valence-electron chi connectivity index (χ1n) is 10.3. The molecule has 148 valence electrons. The van der Waals surface area contributed by atoms with Crippen LogP contribution >= 0.6 is 0 Å². The second kappa shape index (κ2) is 8.25. The summed E-state index contributed by atoms with van der Waals surface area (Å²) in [5, 5.41) is 6.68. The van der Waals surface area contributed by atoms with E-state index in [9.17, 15) is 9.18 Å². The molecule has 3 fully saturated rings. The predicted octanol–water partition coefficient (Wildman–Crippen LogP) is 2.09. The number of nitrogens with one attached hydrogen (secondary N) is 2. The van der Waals surface area contributed by atoms with Gasteiger partial charge in [-0.3, -0.25) is 9.69 Å². The van der Waals surface area contributed by atoms with E-state index in [1.807, 2.05) is 6.07 Å². The van der Waals surface area contributed by atoms with Gasteiger partial charge in [-0.25, -0.2) is 4.39 Å². The van der Waals surface area contributed by atoms with Gasteiger partial charge in [0.1, 0.15) is 5.82 Å². The van der Waals surface area contributed by atoms with Gasteiger partial charge in [0, 0.05) is 26.2 Å². The summed E-state index contributed by atoms with van der Waals surface area (Å²) < 4.78 is 19.3. The molecule has 0 bridgehead atoms. The highest BCUT2D eigenvalue weighted by atomic mass is 19.1. The summed E-state index contributed by atoms with van der Waals surface area (Å²) >= 11 is 0. The number of hydrogen-bond donors (Lipinski definition) is 2. The van der Waals surface area contributed by atoms with Crippen molar-refractivity contribution in [3.8, 4) is 0 Å². The third-order valence-corrected chi connectivity index (χ3v) is 6.67. The van der Waals surface area contributed by atoms with E-state index in [1.54, 1.807) is 12.1 Å². The topological polar surface area (TPSA) is 53.6 Å². The average molecular weight is 375 g/mol. The fraction of sp³-hybridized carbons (Fsp3) is 0.667. The highest BCUT2D eigenvalue weighted by Gasteiger charge is 2.49. The molecule has 1 aromatic carbocycles. The SMILES string of the molecule is O=C(NCC(c1cccc(F)c1)N1CCOCC1)[C@@]12CCCC[C@H]1CNC2. The Morgan fingerprint density at radius 2 is 2.22 bits per heavy atom. The van der Waals surface area contributed by atoms with Gasteiger partial charge in [-0.05, 0) is 43.0 Å². The maximum Gasteiger partial charge on any atom is 0.227 e. The second-order valence-corrected chi connectivity index (χ2v) is 8.16. The van der Waals surface area contributed by atoms with Gasteiger partial charge < -0.3 is 15.4 Å². The Labute approximate surface area is 160 Å². The zero-order chi connectivity index (χ0) is 18.7. The van der Waals surface area contributed by atoms with E-state index in [4.69, 9.17) is 4.74 Å². The van der Waals surface area contributed by atoms with Gasteiger partial charge in [0.05, 0.1) is 24.7 Å². The monoisotopic (exact) mass is 375 g/mol. The molecule has 3 atom stereocenters. The van der Waals surface area contributed by atoms with Crippen LogP contribution in [0.25, 0.3) is 0 Å². The maximum absolute atomic E-state index is 13.8. The van der Waals surface area contributed by atoms with Crippen LogP contribution in [0.2, 0.25) is 0 Å². The summed E-state index contributed by atoms with van der Waals surface area (Å²) in [6.45, 7) is 5.19. The molecule has 1 aliphatic carbocycles. The van der Waals surface area contributed by atoms with E-state index >= 15 is 0 Å². The number of benzene rings is 1.